The van der Waals surface area contributed by atoms with Crippen LogP contribution in [0.25, 0.3) is 0 Å². The number of aromatic carboxylic acids is 1. The maximum absolute atomic E-state index is 10.8. The Morgan fingerprint density at radius 1 is 1.56 bits per heavy atom. The van der Waals surface area contributed by atoms with E-state index in [1.165, 1.54) is 0 Å². The summed E-state index contributed by atoms with van der Waals surface area (Å²) in [5.74, 6) is -0.874. The summed E-state index contributed by atoms with van der Waals surface area (Å²) in [5.41, 5.74) is 2.13. The second kappa shape index (κ2) is 5.80. The molecule has 1 aromatic carbocycles. The van der Waals surface area contributed by atoms with Gasteiger partial charge < -0.3 is 10.4 Å². The molecule has 0 aliphatic heterocycles. The van der Waals surface area contributed by atoms with Crippen LogP contribution >= 0.6 is 11.8 Å². The van der Waals surface area contributed by atoms with E-state index in [1.54, 1.807) is 17.8 Å². The lowest BCUT2D eigenvalue weighted by Gasteiger charge is -2.12. The molecule has 0 radical (unpaired) electrons. The molecule has 88 valence electrons. The minimum absolute atomic E-state index is 0.364. The number of rotatable bonds is 5. The summed E-state index contributed by atoms with van der Waals surface area (Å²) in [5, 5.41) is 12.7. The average molecular weight is 239 g/mol. The monoisotopic (exact) mass is 239 g/mol. The first kappa shape index (κ1) is 12.9. The molecule has 1 unspecified atom stereocenters. The highest BCUT2D eigenvalue weighted by atomic mass is 32.2. The van der Waals surface area contributed by atoms with Gasteiger partial charge in [0.15, 0.2) is 0 Å². The lowest BCUT2D eigenvalue weighted by atomic mass is 10.1. The molecule has 0 saturated carbocycles. The van der Waals surface area contributed by atoms with E-state index in [4.69, 9.17) is 5.11 Å². The summed E-state index contributed by atoms with van der Waals surface area (Å²) >= 11 is 1.80. The van der Waals surface area contributed by atoms with Crippen molar-refractivity contribution in [2.24, 2.45) is 0 Å². The average Bonchev–Trinajstić information content (AvgIpc) is 2.25. The number of benzene rings is 1. The third kappa shape index (κ3) is 3.45. The molecule has 4 heteroatoms. The minimum atomic E-state index is -0.874. The number of hydrogen-bond acceptors (Lipinski definition) is 3. The Labute approximate surface area is 100 Å². The fraction of sp³-hybridized carbons (Fsp3) is 0.417. The first-order chi connectivity index (χ1) is 7.54. The smallest absolute Gasteiger partial charge is 0.335 e. The highest BCUT2D eigenvalue weighted by molar-refractivity contribution is 7.99. The molecule has 0 aromatic heterocycles. The van der Waals surface area contributed by atoms with Gasteiger partial charge in [-0.1, -0.05) is 6.92 Å². The molecule has 0 aliphatic rings. The third-order valence-corrected chi connectivity index (χ3v) is 3.42. The van der Waals surface area contributed by atoms with Crippen molar-refractivity contribution in [1.29, 1.82) is 0 Å². The van der Waals surface area contributed by atoms with Crippen LogP contribution in [0.5, 0.6) is 0 Å². The highest BCUT2D eigenvalue weighted by Gasteiger charge is 2.07. The van der Waals surface area contributed by atoms with Crippen molar-refractivity contribution in [3.05, 3.63) is 29.3 Å². The number of aryl methyl sites for hydroxylation is 1. The van der Waals surface area contributed by atoms with Crippen molar-refractivity contribution in [2.75, 3.05) is 18.1 Å². The molecule has 0 aliphatic carbocycles. The Kier molecular flexibility index (Phi) is 4.68. The summed E-state index contributed by atoms with van der Waals surface area (Å²) in [4.78, 5) is 10.8. The quantitative estimate of drug-likeness (QED) is 0.829. The topological polar surface area (TPSA) is 49.3 Å². The van der Waals surface area contributed by atoms with Crippen LogP contribution in [0.3, 0.4) is 0 Å². The molecule has 1 atom stereocenters. The number of carboxylic acids is 1. The van der Waals surface area contributed by atoms with E-state index in [0.29, 0.717) is 10.8 Å². The standard InChI is InChI=1S/C12H17NO2S/c1-8-6-10(13-7-9(2)16-3)4-5-11(8)12(14)15/h4-6,9,13H,7H2,1-3H3,(H,14,15). The molecular weight excluding hydrogens is 222 g/mol. The van der Waals surface area contributed by atoms with E-state index in [-0.39, 0.29) is 0 Å². The number of carboxylic acid groups (broad SMARTS) is 1. The Balaban J connectivity index is 2.70. The van der Waals surface area contributed by atoms with Crippen molar-refractivity contribution in [2.45, 2.75) is 19.1 Å². The molecule has 1 rings (SSSR count). The minimum Gasteiger partial charge on any atom is -0.478 e. The molecule has 16 heavy (non-hydrogen) atoms. The highest BCUT2D eigenvalue weighted by Crippen LogP contribution is 2.16. The Morgan fingerprint density at radius 3 is 2.75 bits per heavy atom. The molecule has 1 aromatic rings. The van der Waals surface area contributed by atoms with E-state index < -0.39 is 5.97 Å². The van der Waals surface area contributed by atoms with Crippen molar-refractivity contribution in [3.63, 3.8) is 0 Å². The lowest BCUT2D eigenvalue weighted by Crippen LogP contribution is -2.13. The summed E-state index contributed by atoms with van der Waals surface area (Å²) in [6.07, 6.45) is 2.07. The summed E-state index contributed by atoms with van der Waals surface area (Å²) in [7, 11) is 0. The molecule has 0 heterocycles. The van der Waals surface area contributed by atoms with Crippen LogP contribution in [0.1, 0.15) is 22.8 Å². The Bertz CT molecular complexity index is 379. The van der Waals surface area contributed by atoms with E-state index in [0.717, 1.165) is 17.8 Å². The first-order valence-corrected chi connectivity index (χ1v) is 6.44. The molecule has 0 spiro atoms. The number of anilines is 1. The van der Waals surface area contributed by atoms with Gasteiger partial charge in [0.1, 0.15) is 0 Å². The molecule has 0 fully saturated rings. The van der Waals surface area contributed by atoms with Crippen LogP contribution < -0.4 is 5.32 Å². The van der Waals surface area contributed by atoms with Crippen LogP contribution in [-0.4, -0.2) is 29.1 Å². The second-order valence-electron chi connectivity index (χ2n) is 3.76. The predicted octanol–water partition coefficient (Wildman–Crippen LogP) is 2.86. The summed E-state index contributed by atoms with van der Waals surface area (Å²) in [6, 6.07) is 5.32. The molecule has 0 saturated heterocycles. The predicted molar refractivity (Wildman–Crippen MR) is 69.6 cm³/mol. The van der Waals surface area contributed by atoms with Crippen LogP contribution in [-0.2, 0) is 0 Å². The van der Waals surface area contributed by atoms with Gasteiger partial charge in [0, 0.05) is 17.5 Å². The van der Waals surface area contributed by atoms with Gasteiger partial charge in [-0.2, -0.15) is 11.8 Å². The molecule has 2 N–H and O–H groups in total. The van der Waals surface area contributed by atoms with Crippen molar-refractivity contribution < 1.29 is 9.90 Å². The van der Waals surface area contributed by atoms with Crippen LogP contribution in [0.2, 0.25) is 0 Å². The van der Waals surface area contributed by atoms with E-state index in [9.17, 15) is 4.79 Å². The molecule has 0 amide bonds. The first-order valence-electron chi connectivity index (χ1n) is 5.15. The van der Waals surface area contributed by atoms with E-state index in [2.05, 4.69) is 18.5 Å². The van der Waals surface area contributed by atoms with Gasteiger partial charge in [0.2, 0.25) is 0 Å². The lowest BCUT2D eigenvalue weighted by molar-refractivity contribution is 0.0696. The SMILES string of the molecule is CSC(C)CNc1ccc(C(=O)O)c(C)c1. The zero-order valence-electron chi connectivity index (χ0n) is 9.78. The van der Waals surface area contributed by atoms with Crippen LogP contribution in [0.15, 0.2) is 18.2 Å². The molecule has 3 nitrogen and oxygen atoms in total. The van der Waals surface area contributed by atoms with Gasteiger partial charge in [-0.25, -0.2) is 4.79 Å². The molecular formula is C12H17NO2S. The summed E-state index contributed by atoms with van der Waals surface area (Å²) in [6.45, 7) is 4.84. The number of carbonyl (C=O) groups is 1. The Hall–Kier alpha value is -1.16. The maximum atomic E-state index is 10.8. The zero-order valence-corrected chi connectivity index (χ0v) is 10.6. The number of nitrogens with one attached hydrogen (secondary N) is 1. The largest absolute Gasteiger partial charge is 0.478 e. The maximum Gasteiger partial charge on any atom is 0.335 e. The molecule has 0 bridgehead atoms. The van der Waals surface area contributed by atoms with Gasteiger partial charge >= 0.3 is 5.97 Å². The van der Waals surface area contributed by atoms with Gasteiger partial charge in [-0.15, -0.1) is 0 Å². The second-order valence-corrected chi connectivity index (χ2v) is 5.04. The van der Waals surface area contributed by atoms with Crippen molar-refractivity contribution >= 4 is 23.4 Å². The van der Waals surface area contributed by atoms with Crippen LogP contribution in [0, 0.1) is 6.92 Å². The number of thioether (sulfide) groups is 1. The number of hydrogen-bond donors (Lipinski definition) is 2. The normalized spacial score (nSPS) is 12.2. The van der Waals surface area contributed by atoms with Gasteiger partial charge in [0.05, 0.1) is 5.56 Å². The summed E-state index contributed by atoms with van der Waals surface area (Å²) < 4.78 is 0. The van der Waals surface area contributed by atoms with Gasteiger partial charge in [-0.05, 0) is 36.9 Å². The fourth-order valence-electron chi connectivity index (χ4n) is 1.36. The zero-order chi connectivity index (χ0) is 12.1. The van der Waals surface area contributed by atoms with Gasteiger partial charge in [0.25, 0.3) is 0 Å². The van der Waals surface area contributed by atoms with Gasteiger partial charge in [-0.3, -0.25) is 0 Å². The third-order valence-electron chi connectivity index (χ3n) is 2.45. The van der Waals surface area contributed by atoms with E-state index in [1.807, 2.05) is 19.1 Å². The van der Waals surface area contributed by atoms with E-state index >= 15 is 0 Å². The van der Waals surface area contributed by atoms with Crippen molar-refractivity contribution in [3.8, 4) is 0 Å². The fourth-order valence-corrected chi connectivity index (χ4v) is 1.61. The van der Waals surface area contributed by atoms with Crippen LogP contribution in [0.4, 0.5) is 5.69 Å². The van der Waals surface area contributed by atoms with Crippen molar-refractivity contribution in [1.82, 2.24) is 0 Å². The Morgan fingerprint density at radius 2 is 2.25 bits per heavy atom.